The van der Waals surface area contributed by atoms with Crippen molar-refractivity contribution in [2.45, 2.75) is 18.9 Å². The highest BCUT2D eigenvalue weighted by Crippen LogP contribution is 1.98. The molecule has 1 atom stereocenters. The highest BCUT2D eigenvalue weighted by Gasteiger charge is 2.11. The lowest BCUT2D eigenvalue weighted by Crippen LogP contribution is -2.42. The first-order chi connectivity index (χ1) is 8.45. The van der Waals surface area contributed by atoms with Crippen molar-refractivity contribution in [3.63, 3.8) is 0 Å². The summed E-state index contributed by atoms with van der Waals surface area (Å²) in [6, 6.07) is 4.66. The largest absolute Gasteiger partial charge is 0.379 e. The highest BCUT2D eigenvalue weighted by atomic mass is 16.5. The molecule has 0 amide bonds. The molecule has 4 nitrogen and oxygen atoms in total. The molecule has 17 heavy (non-hydrogen) atoms. The molecule has 0 radical (unpaired) electrons. The zero-order valence-electron chi connectivity index (χ0n) is 10.2. The normalized spacial score (nSPS) is 20.4. The van der Waals surface area contributed by atoms with Crippen LogP contribution in [0.2, 0.25) is 0 Å². The number of ether oxygens (including phenoxy) is 1. The lowest BCUT2D eigenvalue weighted by Gasteiger charge is -2.23. The van der Waals surface area contributed by atoms with E-state index in [-0.39, 0.29) is 0 Å². The highest BCUT2D eigenvalue weighted by molar-refractivity contribution is 5.09. The number of hydrogen-bond acceptors (Lipinski definition) is 4. The van der Waals surface area contributed by atoms with Gasteiger partial charge in [0.05, 0.1) is 13.2 Å². The molecule has 2 heterocycles. The Labute approximate surface area is 103 Å². The summed E-state index contributed by atoms with van der Waals surface area (Å²) in [6.07, 6.45) is 5.89. The Hall–Kier alpha value is -0.970. The Kier molecular flexibility index (Phi) is 5.42. The van der Waals surface area contributed by atoms with Gasteiger partial charge < -0.3 is 15.4 Å². The second-order valence-electron chi connectivity index (χ2n) is 4.37. The maximum absolute atomic E-state index is 5.41. The molecule has 94 valence electrons. The van der Waals surface area contributed by atoms with E-state index in [0.717, 1.165) is 45.7 Å². The fourth-order valence-corrected chi connectivity index (χ4v) is 1.99. The van der Waals surface area contributed by atoms with Crippen molar-refractivity contribution in [2.24, 2.45) is 0 Å². The van der Waals surface area contributed by atoms with Crippen LogP contribution in [0.3, 0.4) is 0 Å². The van der Waals surface area contributed by atoms with Crippen molar-refractivity contribution in [2.75, 3.05) is 32.8 Å². The summed E-state index contributed by atoms with van der Waals surface area (Å²) in [6.45, 7) is 4.77. The Balaban J connectivity index is 1.51. The minimum Gasteiger partial charge on any atom is -0.379 e. The molecule has 0 spiro atoms. The maximum Gasteiger partial charge on any atom is 0.0620 e. The van der Waals surface area contributed by atoms with Gasteiger partial charge in [0.2, 0.25) is 0 Å². The van der Waals surface area contributed by atoms with Crippen LogP contribution in [0, 0.1) is 0 Å². The quantitative estimate of drug-likeness (QED) is 0.709. The van der Waals surface area contributed by atoms with E-state index in [1.165, 1.54) is 5.56 Å². The van der Waals surface area contributed by atoms with Crippen LogP contribution in [-0.2, 0) is 11.2 Å². The van der Waals surface area contributed by atoms with Gasteiger partial charge in [-0.15, -0.1) is 0 Å². The van der Waals surface area contributed by atoms with Crippen LogP contribution < -0.4 is 10.6 Å². The molecule has 1 fully saturated rings. The molecule has 1 saturated heterocycles. The average molecular weight is 235 g/mol. The third-order valence-electron chi connectivity index (χ3n) is 3.01. The zero-order valence-corrected chi connectivity index (χ0v) is 10.2. The van der Waals surface area contributed by atoms with Gasteiger partial charge in [-0.25, -0.2) is 0 Å². The van der Waals surface area contributed by atoms with E-state index in [1.807, 2.05) is 12.4 Å². The zero-order chi connectivity index (χ0) is 11.8. The molecule has 0 bridgehead atoms. The van der Waals surface area contributed by atoms with Crippen molar-refractivity contribution >= 4 is 0 Å². The van der Waals surface area contributed by atoms with Gasteiger partial charge in [0.1, 0.15) is 0 Å². The second-order valence-corrected chi connectivity index (χ2v) is 4.37. The maximum atomic E-state index is 5.41. The Morgan fingerprint density at radius 2 is 2.24 bits per heavy atom. The van der Waals surface area contributed by atoms with Gasteiger partial charge in [-0.1, -0.05) is 0 Å². The summed E-state index contributed by atoms with van der Waals surface area (Å²) in [4.78, 5) is 4.01. The molecule has 2 N–H and O–H groups in total. The van der Waals surface area contributed by atoms with Crippen LogP contribution in [0.5, 0.6) is 0 Å². The van der Waals surface area contributed by atoms with Gasteiger partial charge in [0.15, 0.2) is 0 Å². The van der Waals surface area contributed by atoms with Crippen LogP contribution in [0.15, 0.2) is 24.5 Å². The third kappa shape index (κ3) is 4.81. The molecule has 0 aliphatic carbocycles. The van der Waals surface area contributed by atoms with Crippen molar-refractivity contribution in [3.05, 3.63) is 30.1 Å². The van der Waals surface area contributed by atoms with Gasteiger partial charge in [-0.05, 0) is 43.6 Å². The van der Waals surface area contributed by atoms with E-state index in [0.29, 0.717) is 6.04 Å². The second kappa shape index (κ2) is 7.37. The van der Waals surface area contributed by atoms with Crippen LogP contribution in [0.1, 0.15) is 12.0 Å². The lowest BCUT2D eigenvalue weighted by molar-refractivity contribution is 0.0743. The van der Waals surface area contributed by atoms with Crippen molar-refractivity contribution in [1.82, 2.24) is 15.6 Å². The summed E-state index contributed by atoms with van der Waals surface area (Å²) >= 11 is 0. The molecular formula is C13H21N3O. The van der Waals surface area contributed by atoms with Gasteiger partial charge in [0, 0.05) is 25.0 Å². The summed E-state index contributed by atoms with van der Waals surface area (Å²) in [5, 5.41) is 6.92. The van der Waals surface area contributed by atoms with Gasteiger partial charge >= 0.3 is 0 Å². The minimum absolute atomic E-state index is 0.525. The van der Waals surface area contributed by atoms with Gasteiger partial charge in [-0.3, -0.25) is 4.98 Å². The first-order valence-electron chi connectivity index (χ1n) is 6.36. The van der Waals surface area contributed by atoms with Crippen LogP contribution in [0.25, 0.3) is 0 Å². The molecule has 1 unspecified atom stereocenters. The lowest BCUT2D eigenvalue weighted by atomic mass is 10.2. The minimum atomic E-state index is 0.525. The number of hydrogen-bond donors (Lipinski definition) is 2. The molecule has 0 saturated carbocycles. The van der Waals surface area contributed by atoms with Gasteiger partial charge in [-0.2, -0.15) is 0 Å². The molecule has 4 heteroatoms. The van der Waals surface area contributed by atoms with E-state index in [2.05, 4.69) is 27.8 Å². The Morgan fingerprint density at radius 3 is 3.00 bits per heavy atom. The fraction of sp³-hybridized carbons (Fsp3) is 0.615. The van der Waals surface area contributed by atoms with Crippen molar-refractivity contribution in [3.8, 4) is 0 Å². The van der Waals surface area contributed by atoms with Crippen molar-refractivity contribution < 1.29 is 4.74 Å². The Bertz CT molecular complexity index is 299. The summed E-state index contributed by atoms with van der Waals surface area (Å²) in [5.41, 5.74) is 1.34. The molecular weight excluding hydrogens is 214 g/mol. The number of aromatic nitrogens is 1. The summed E-state index contributed by atoms with van der Waals surface area (Å²) < 4.78 is 5.41. The monoisotopic (exact) mass is 235 g/mol. The topological polar surface area (TPSA) is 46.2 Å². The number of nitrogens with zero attached hydrogens (tertiary/aromatic N) is 1. The number of morpholine rings is 1. The van der Waals surface area contributed by atoms with Crippen molar-refractivity contribution in [1.29, 1.82) is 0 Å². The number of pyridine rings is 1. The first kappa shape index (κ1) is 12.5. The van der Waals surface area contributed by atoms with E-state index in [9.17, 15) is 0 Å². The SMILES string of the molecule is c1cc(CCNCCC2COCCN2)ccn1. The standard InChI is InChI=1S/C13H21N3O/c1-5-14-6-2-12(1)3-7-15-8-4-13-11-17-10-9-16-13/h1-2,5-6,13,15-16H,3-4,7-11H2. The predicted molar refractivity (Wildman–Crippen MR) is 68.0 cm³/mol. The van der Waals surface area contributed by atoms with Crippen LogP contribution in [-0.4, -0.2) is 43.9 Å². The number of nitrogens with one attached hydrogen (secondary N) is 2. The Morgan fingerprint density at radius 1 is 1.35 bits per heavy atom. The molecule has 1 aliphatic heterocycles. The fourth-order valence-electron chi connectivity index (χ4n) is 1.99. The van der Waals surface area contributed by atoms with E-state index in [1.54, 1.807) is 0 Å². The molecule has 1 aliphatic rings. The van der Waals surface area contributed by atoms with E-state index >= 15 is 0 Å². The molecule has 1 aromatic rings. The average Bonchev–Trinajstić information content (AvgIpc) is 2.41. The van der Waals surface area contributed by atoms with Crippen LogP contribution >= 0.6 is 0 Å². The predicted octanol–water partition coefficient (Wildman–Crippen LogP) is 0.592. The summed E-state index contributed by atoms with van der Waals surface area (Å²) in [5.74, 6) is 0. The van der Waals surface area contributed by atoms with Crippen LogP contribution in [0.4, 0.5) is 0 Å². The molecule has 1 aromatic heterocycles. The van der Waals surface area contributed by atoms with E-state index < -0.39 is 0 Å². The number of rotatable bonds is 6. The van der Waals surface area contributed by atoms with E-state index in [4.69, 9.17) is 4.74 Å². The van der Waals surface area contributed by atoms with Gasteiger partial charge in [0.25, 0.3) is 0 Å². The summed E-state index contributed by atoms with van der Waals surface area (Å²) in [7, 11) is 0. The third-order valence-corrected chi connectivity index (χ3v) is 3.01. The smallest absolute Gasteiger partial charge is 0.0620 e. The molecule has 0 aromatic carbocycles. The first-order valence-corrected chi connectivity index (χ1v) is 6.36. The molecule has 2 rings (SSSR count).